The van der Waals surface area contributed by atoms with E-state index in [0.717, 1.165) is 11.8 Å². The fourth-order valence-electron chi connectivity index (χ4n) is 1.37. The molecular formula is C11H14ClNO3S. The lowest BCUT2D eigenvalue weighted by molar-refractivity contribution is -0.119. The summed E-state index contributed by atoms with van der Waals surface area (Å²) in [6.45, 7) is 0. The quantitative estimate of drug-likeness (QED) is 0.820. The van der Waals surface area contributed by atoms with Crippen LogP contribution in [-0.4, -0.2) is 32.2 Å². The molecule has 1 aromatic carbocycles. The average molecular weight is 276 g/mol. The van der Waals surface area contributed by atoms with Crippen LogP contribution < -0.4 is 5.32 Å². The monoisotopic (exact) mass is 275 g/mol. The first-order chi connectivity index (χ1) is 7.92. The van der Waals surface area contributed by atoms with Crippen molar-refractivity contribution in [1.82, 2.24) is 5.32 Å². The van der Waals surface area contributed by atoms with E-state index in [0.29, 0.717) is 0 Å². The average Bonchev–Trinajstić information content (AvgIpc) is 2.24. The molecule has 0 heterocycles. The highest BCUT2D eigenvalue weighted by atomic mass is 35.5. The van der Waals surface area contributed by atoms with E-state index < -0.39 is 21.5 Å². The Hall–Kier alpha value is -1.07. The second-order valence-corrected chi connectivity index (χ2v) is 6.20. The van der Waals surface area contributed by atoms with Crippen molar-refractivity contribution in [1.29, 1.82) is 0 Å². The zero-order valence-corrected chi connectivity index (χ0v) is 11.0. The van der Waals surface area contributed by atoms with E-state index in [9.17, 15) is 13.2 Å². The predicted molar refractivity (Wildman–Crippen MR) is 67.8 cm³/mol. The van der Waals surface area contributed by atoms with Gasteiger partial charge in [0.15, 0.2) is 9.84 Å². The molecule has 0 radical (unpaired) electrons. The molecule has 0 aliphatic carbocycles. The van der Waals surface area contributed by atoms with Crippen LogP contribution in [0.15, 0.2) is 30.3 Å². The Labute approximate surface area is 106 Å². The third-order valence-corrected chi connectivity index (χ3v) is 3.18. The van der Waals surface area contributed by atoms with Gasteiger partial charge in [-0.3, -0.25) is 4.79 Å². The Morgan fingerprint density at radius 3 is 2.41 bits per heavy atom. The zero-order valence-electron chi connectivity index (χ0n) is 9.39. The molecule has 1 rings (SSSR count). The van der Waals surface area contributed by atoms with Crippen LogP contribution in [-0.2, 0) is 14.6 Å². The highest BCUT2D eigenvalue weighted by molar-refractivity contribution is 7.91. The molecule has 0 aromatic heterocycles. The van der Waals surface area contributed by atoms with Gasteiger partial charge in [0.05, 0.1) is 6.04 Å². The van der Waals surface area contributed by atoms with Crippen LogP contribution in [0, 0.1) is 0 Å². The molecule has 1 aromatic rings. The minimum Gasteiger partial charge on any atom is -0.347 e. The lowest BCUT2D eigenvalue weighted by atomic mass is 10.1. The number of amides is 1. The normalized spacial score (nSPS) is 13.1. The van der Waals surface area contributed by atoms with E-state index in [1.807, 2.05) is 30.3 Å². The van der Waals surface area contributed by atoms with Gasteiger partial charge < -0.3 is 5.32 Å². The molecule has 0 aliphatic rings. The van der Waals surface area contributed by atoms with Crippen molar-refractivity contribution >= 4 is 27.3 Å². The van der Waals surface area contributed by atoms with Gasteiger partial charge in [-0.15, -0.1) is 11.6 Å². The summed E-state index contributed by atoms with van der Waals surface area (Å²) < 4.78 is 21.9. The minimum absolute atomic E-state index is 0.194. The van der Waals surface area contributed by atoms with Crippen molar-refractivity contribution in [2.24, 2.45) is 0 Å². The highest BCUT2D eigenvalue weighted by Crippen LogP contribution is 2.13. The minimum atomic E-state index is -3.31. The van der Waals surface area contributed by atoms with Crippen LogP contribution in [0.2, 0.25) is 0 Å². The van der Waals surface area contributed by atoms with E-state index in [1.54, 1.807) is 0 Å². The Morgan fingerprint density at radius 1 is 1.35 bits per heavy atom. The second kappa shape index (κ2) is 6.02. The van der Waals surface area contributed by atoms with Gasteiger partial charge in [-0.1, -0.05) is 30.3 Å². The molecule has 1 atom stereocenters. The van der Waals surface area contributed by atoms with Crippen LogP contribution in [0.25, 0.3) is 0 Å². The summed E-state index contributed by atoms with van der Waals surface area (Å²) in [5, 5.41) is 2.59. The maximum absolute atomic E-state index is 11.5. The van der Waals surface area contributed by atoms with Crippen molar-refractivity contribution in [3.05, 3.63) is 35.9 Å². The summed E-state index contributed by atoms with van der Waals surface area (Å²) in [6, 6.07) is 8.80. The summed E-state index contributed by atoms with van der Waals surface area (Å²) in [6.07, 6.45) is 1.02. The van der Waals surface area contributed by atoms with Gasteiger partial charge in [0.2, 0.25) is 5.91 Å². The largest absolute Gasteiger partial charge is 0.347 e. The highest BCUT2D eigenvalue weighted by Gasteiger charge is 2.16. The molecule has 0 bridgehead atoms. The van der Waals surface area contributed by atoms with Gasteiger partial charge in [-0.05, 0) is 5.56 Å². The Kier molecular flexibility index (Phi) is 4.96. The number of hydrogen-bond donors (Lipinski definition) is 1. The smallest absolute Gasteiger partial charge is 0.235 e. The topological polar surface area (TPSA) is 63.2 Å². The number of sulfone groups is 1. The fraction of sp³-hybridized carbons (Fsp3) is 0.364. The first kappa shape index (κ1) is 14.0. The Morgan fingerprint density at radius 2 is 1.94 bits per heavy atom. The first-order valence-electron chi connectivity index (χ1n) is 5.00. The zero-order chi connectivity index (χ0) is 12.9. The molecule has 17 heavy (non-hydrogen) atoms. The molecule has 1 N–H and O–H groups in total. The molecule has 4 nitrogen and oxygen atoms in total. The van der Waals surface area contributed by atoms with Gasteiger partial charge >= 0.3 is 0 Å². The van der Waals surface area contributed by atoms with E-state index in [2.05, 4.69) is 5.32 Å². The van der Waals surface area contributed by atoms with Crippen LogP contribution in [0.5, 0.6) is 0 Å². The van der Waals surface area contributed by atoms with Crippen LogP contribution >= 0.6 is 11.6 Å². The third kappa shape index (κ3) is 5.19. The van der Waals surface area contributed by atoms with Crippen molar-refractivity contribution in [3.8, 4) is 0 Å². The summed E-state index contributed by atoms with van der Waals surface area (Å²) in [5.74, 6) is -0.866. The van der Waals surface area contributed by atoms with E-state index in [4.69, 9.17) is 11.6 Å². The van der Waals surface area contributed by atoms with Gasteiger partial charge in [-0.2, -0.15) is 0 Å². The van der Waals surface area contributed by atoms with Gasteiger partial charge in [0.1, 0.15) is 5.75 Å². The number of halogens is 1. The molecular weight excluding hydrogens is 262 g/mol. The summed E-state index contributed by atoms with van der Waals surface area (Å²) in [7, 11) is -3.31. The number of nitrogens with one attached hydrogen (secondary N) is 1. The van der Waals surface area contributed by atoms with E-state index >= 15 is 0 Å². The number of rotatable bonds is 5. The van der Waals surface area contributed by atoms with Crippen LogP contribution in [0.1, 0.15) is 11.6 Å². The molecule has 0 saturated carbocycles. The van der Waals surface area contributed by atoms with Gasteiger partial charge in [-0.25, -0.2) is 8.42 Å². The van der Waals surface area contributed by atoms with Crippen molar-refractivity contribution < 1.29 is 13.2 Å². The lowest BCUT2D eigenvalue weighted by Crippen LogP contribution is -2.34. The fourth-order valence-corrected chi connectivity index (χ4v) is 2.19. The van der Waals surface area contributed by atoms with Gasteiger partial charge in [0, 0.05) is 12.1 Å². The number of alkyl halides is 1. The van der Waals surface area contributed by atoms with Crippen LogP contribution in [0.3, 0.4) is 0 Å². The molecule has 0 fully saturated rings. The summed E-state index contributed by atoms with van der Waals surface area (Å²) >= 11 is 5.75. The number of carbonyl (C=O) groups excluding carboxylic acids is 1. The summed E-state index contributed by atoms with van der Waals surface area (Å²) in [4.78, 5) is 11.5. The standard InChI is InChI=1S/C11H14ClNO3S/c1-17(15,16)8-11(14)13-10(7-12)9-5-3-2-4-6-9/h2-6,10H,7-8H2,1H3,(H,13,14). The number of hydrogen-bond acceptors (Lipinski definition) is 3. The number of benzene rings is 1. The molecule has 1 unspecified atom stereocenters. The molecule has 0 spiro atoms. The van der Waals surface area contributed by atoms with Gasteiger partial charge in [0.25, 0.3) is 0 Å². The van der Waals surface area contributed by atoms with Crippen molar-refractivity contribution in [2.45, 2.75) is 6.04 Å². The van der Waals surface area contributed by atoms with E-state index in [1.165, 1.54) is 0 Å². The predicted octanol–water partition coefficient (Wildman–Crippen LogP) is 1.13. The molecule has 0 aliphatic heterocycles. The Bertz CT molecular complexity index is 473. The first-order valence-corrected chi connectivity index (χ1v) is 7.60. The summed E-state index contributed by atoms with van der Waals surface area (Å²) in [5.41, 5.74) is 0.851. The maximum atomic E-state index is 11.5. The maximum Gasteiger partial charge on any atom is 0.235 e. The molecule has 6 heteroatoms. The van der Waals surface area contributed by atoms with E-state index in [-0.39, 0.29) is 11.9 Å². The molecule has 94 valence electrons. The Balaban J connectivity index is 2.69. The SMILES string of the molecule is CS(=O)(=O)CC(=O)NC(CCl)c1ccccc1. The van der Waals surface area contributed by atoms with Crippen molar-refractivity contribution in [3.63, 3.8) is 0 Å². The second-order valence-electron chi connectivity index (χ2n) is 3.76. The third-order valence-electron chi connectivity index (χ3n) is 2.08. The van der Waals surface area contributed by atoms with Crippen molar-refractivity contribution in [2.75, 3.05) is 17.9 Å². The molecule has 1 amide bonds. The van der Waals surface area contributed by atoms with Crippen LogP contribution in [0.4, 0.5) is 0 Å². The number of carbonyl (C=O) groups is 1. The lowest BCUT2D eigenvalue weighted by Gasteiger charge is -2.16. The molecule has 0 saturated heterocycles.